The van der Waals surface area contributed by atoms with E-state index in [1.807, 2.05) is 4.90 Å². The molecule has 0 spiro atoms. The van der Waals surface area contributed by atoms with Crippen LogP contribution in [0.1, 0.15) is 95.6 Å². The van der Waals surface area contributed by atoms with Gasteiger partial charge in [0.05, 0.1) is 66.3 Å². The third-order valence-electron chi connectivity index (χ3n) is 12.8. The summed E-state index contributed by atoms with van der Waals surface area (Å²) in [6, 6.07) is 10.3. The zero-order valence-corrected chi connectivity index (χ0v) is 36.5. The Labute approximate surface area is 372 Å². The van der Waals surface area contributed by atoms with Crippen LogP contribution < -0.4 is 36.1 Å². The van der Waals surface area contributed by atoms with E-state index in [4.69, 9.17) is 19.9 Å². The molecule has 344 valence electrons. The highest BCUT2D eigenvalue weighted by Gasteiger charge is 2.48. The molecule has 1 aromatic heterocycles. The number of ether oxygens (including phenoxy) is 3. The number of carbonyl (C=O) groups is 5. The SMILES string of the molecule is CNC(=O)C(COC1CCN(c2cccc3c2C(=O)N(C2CCC(=O)NC2=O)C3=O)CC1)CC1(COc2cc3c(NC(C)c4cc(N)cc(C(F)(F)F)c4)nc(C)nc3cc2OC)CC1. The minimum atomic E-state index is -4.57. The zero-order chi connectivity index (χ0) is 46.4. The van der Waals surface area contributed by atoms with Gasteiger partial charge in [0.2, 0.25) is 17.7 Å². The first-order valence-corrected chi connectivity index (χ1v) is 21.6. The van der Waals surface area contributed by atoms with E-state index in [1.54, 1.807) is 51.2 Å². The van der Waals surface area contributed by atoms with E-state index in [-0.39, 0.29) is 60.3 Å². The summed E-state index contributed by atoms with van der Waals surface area (Å²) in [5.41, 5.74) is 6.62. The lowest BCUT2D eigenvalue weighted by Gasteiger charge is -2.35. The molecule has 8 rings (SSSR count). The molecule has 65 heavy (non-hydrogen) atoms. The van der Waals surface area contributed by atoms with Crippen molar-refractivity contribution in [3.05, 3.63) is 76.6 Å². The normalized spacial score (nSPS) is 19.5. The molecule has 1 saturated carbocycles. The number of alkyl halides is 3. The van der Waals surface area contributed by atoms with Crippen molar-refractivity contribution < 1.29 is 51.4 Å². The summed E-state index contributed by atoms with van der Waals surface area (Å²) in [6.45, 7) is 4.94. The highest BCUT2D eigenvalue weighted by atomic mass is 19.4. The first kappa shape index (κ1) is 45.1. The Bertz CT molecular complexity index is 2560. The molecule has 3 aromatic carbocycles. The van der Waals surface area contributed by atoms with Gasteiger partial charge >= 0.3 is 6.18 Å². The number of carbonyl (C=O) groups excluding carboxylic acids is 5. The number of hydrogen-bond donors (Lipinski definition) is 4. The number of nitrogen functional groups attached to an aromatic ring is 1. The van der Waals surface area contributed by atoms with Crippen LogP contribution in [0.2, 0.25) is 0 Å². The number of rotatable bonds is 15. The largest absolute Gasteiger partial charge is 0.493 e. The van der Waals surface area contributed by atoms with Crippen LogP contribution in [-0.2, 0) is 25.3 Å². The van der Waals surface area contributed by atoms with Crippen molar-refractivity contribution in [1.29, 1.82) is 0 Å². The lowest BCUT2D eigenvalue weighted by atomic mass is 9.92. The van der Waals surface area contributed by atoms with Crippen LogP contribution in [0.25, 0.3) is 10.9 Å². The molecule has 0 radical (unpaired) electrons. The van der Waals surface area contributed by atoms with E-state index in [0.717, 1.165) is 29.9 Å². The Kier molecular flexibility index (Phi) is 12.4. The van der Waals surface area contributed by atoms with Crippen molar-refractivity contribution in [3.8, 4) is 11.5 Å². The van der Waals surface area contributed by atoms with Gasteiger partial charge < -0.3 is 35.5 Å². The van der Waals surface area contributed by atoms with Crippen LogP contribution in [0.5, 0.6) is 11.5 Å². The number of aryl methyl sites for hydroxylation is 1. The lowest BCUT2D eigenvalue weighted by molar-refractivity contribution is -0.138. The maximum atomic E-state index is 13.7. The standard InChI is InChI=1S/C46H51F3N8O8/c1-24(26-16-28(46(47,48)49)18-29(50)17-26)52-40-32-19-37(36(63-4)20-33(32)53-25(2)54-40)65-23-45(12-13-45)21-27(41(59)51-3)22-64-30-10-14-56(15-11-30)34-7-5-6-31-39(34)44(62)57(43(31)61)35-8-9-38(58)55-42(35)60/h5-7,16-20,24,27,30,35H,8-15,21-23,50H2,1-4H3,(H,51,59)(H,52,53,54)(H,55,58,60). The predicted octanol–water partition coefficient (Wildman–Crippen LogP) is 5.72. The molecule has 4 aromatic rings. The Morgan fingerprint density at radius 1 is 1.02 bits per heavy atom. The van der Waals surface area contributed by atoms with Gasteiger partial charge in [-0.15, -0.1) is 0 Å². The fourth-order valence-electron chi connectivity index (χ4n) is 9.06. The number of benzene rings is 3. The second-order valence-electron chi connectivity index (χ2n) is 17.4. The molecule has 3 unspecified atom stereocenters. The maximum Gasteiger partial charge on any atom is 0.416 e. The summed E-state index contributed by atoms with van der Waals surface area (Å²) in [7, 11) is 3.11. The summed E-state index contributed by atoms with van der Waals surface area (Å²) in [5, 5.41) is 8.82. The van der Waals surface area contributed by atoms with Gasteiger partial charge in [0, 0.05) is 49.1 Å². The second kappa shape index (κ2) is 17.8. The Morgan fingerprint density at radius 3 is 2.45 bits per heavy atom. The van der Waals surface area contributed by atoms with Crippen LogP contribution in [-0.4, -0.2) is 97.0 Å². The third-order valence-corrected chi connectivity index (χ3v) is 12.8. The number of anilines is 3. The highest BCUT2D eigenvalue weighted by molar-refractivity contribution is 6.25. The van der Waals surface area contributed by atoms with Gasteiger partial charge in [0.1, 0.15) is 17.7 Å². The molecule has 1 aliphatic carbocycles. The highest BCUT2D eigenvalue weighted by Crippen LogP contribution is 2.52. The monoisotopic (exact) mass is 900 g/mol. The molecule has 19 heteroatoms. The van der Waals surface area contributed by atoms with Crippen molar-refractivity contribution >= 4 is 57.6 Å². The van der Waals surface area contributed by atoms with Gasteiger partial charge in [-0.2, -0.15) is 13.2 Å². The quantitative estimate of drug-likeness (QED) is 0.0833. The predicted molar refractivity (Wildman–Crippen MR) is 232 cm³/mol. The van der Waals surface area contributed by atoms with E-state index < -0.39 is 53.4 Å². The van der Waals surface area contributed by atoms with Gasteiger partial charge in [-0.1, -0.05) is 6.07 Å². The first-order chi connectivity index (χ1) is 31.0. The van der Waals surface area contributed by atoms with Gasteiger partial charge in [-0.25, -0.2) is 9.97 Å². The molecule has 2 saturated heterocycles. The molecule has 3 aliphatic heterocycles. The molecule has 3 atom stereocenters. The van der Waals surface area contributed by atoms with E-state index in [1.165, 1.54) is 13.2 Å². The number of aromatic nitrogens is 2. The summed E-state index contributed by atoms with van der Waals surface area (Å²) in [4.78, 5) is 76.9. The average Bonchev–Trinajstić information content (AvgIpc) is 4.00. The zero-order valence-electron chi connectivity index (χ0n) is 36.5. The molecule has 0 bridgehead atoms. The topological polar surface area (TPSA) is 207 Å². The number of halogens is 3. The van der Waals surface area contributed by atoms with E-state index in [2.05, 4.69) is 25.9 Å². The molecule has 4 aliphatic rings. The Hall–Kier alpha value is -6.50. The van der Waals surface area contributed by atoms with E-state index >= 15 is 0 Å². The minimum absolute atomic E-state index is 0.0114. The maximum absolute atomic E-state index is 13.7. The number of fused-ring (bicyclic) bond motifs is 2. The van der Waals surface area contributed by atoms with Gasteiger partial charge in [-0.3, -0.25) is 34.2 Å². The summed E-state index contributed by atoms with van der Waals surface area (Å²) >= 11 is 0. The number of nitrogens with one attached hydrogen (secondary N) is 3. The van der Waals surface area contributed by atoms with E-state index in [0.29, 0.717) is 77.6 Å². The van der Waals surface area contributed by atoms with Gasteiger partial charge in [0.15, 0.2) is 11.5 Å². The molecule has 4 heterocycles. The van der Waals surface area contributed by atoms with Crippen LogP contribution >= 0.6 is 0 Å². The van der Waals surface area contributed by atoms with Crippen LogP contribution in [0, 0.1) is 18.3 Å². The smallest absolute Gasteiger partial charge is 0.416 e. The number of amides is 5. The number of methoxy groups -OCH3 is 1. The van der Waals surface area contributed by atoms with Crippen molar-refractivity contribution in [2.45, 2.75) is 83.2 Å². The molecule has 5 amide bonds. The number of hydrogen-bond acceptors (Lipinski definition) is 13. The molecular weight excluding hydrogens is 850 g/mol. The molecule has 16 nitrogen and oxygen atoms in total. The van der Waals surface area contributed by atoms with Crippen molar-refractivity contribution in [2.24, 2.45) is 11.3 Å². The summed E-state index contributed by atoms with van der Waals surface area (Å²) in [5.74, 6) is -1.17. The van der Waals surface area contributed by atoms with Crippen LogP contribution in [0.15, 0.2) is 48.5 Å². The van der Waals surface area contributed by atoms with Crippen LogP contribution in [0.3, 0.4) is 0 Å². The number of nitrogens with zero attached hydrogens (tertiary/aromatic N) is 4. The van der Waals surface area contributed by atoms with Crippen LogP contribution in [0.4, 0.5) is 30.4 Å². The summed E-state index contributed by atoms with van der Waals surface area (Å²) in [6.07, 6.45) is -1.26. The number of piperidine rings is 2. The minimum Gasteiger partial charge on any atom is -0.493 e. The number of imide groups is 2. The Morgan fingerprint density at radius 2 is 1.77 bits per heavy atom. The third kappa shape index (κ3) is 9.37. The fraction of sp³-hybridized carbons (Fsp3) is 0.457. The second-order valence-corrected chi connectivity index (χ2v) is 17.4. The van der Waals surface area contributed by atoms with Crippen molar-refractivity contribution in [3.63, 3.8) is 0 Å². The Balaban J connectivity index is 0.904. The fourth-order valence-corrected chi connectivity index (χ4v) is 9.06. The van der Waals surface area contributed by atoms with Gasteiger partial charge in [0.25, 0.3) is 11.8 Å². The molecule has 5 N–H and O–H groups in total. The molecular formula is C46H51F3N8O8. The van der Waals surface area contributed by atoms with Crippen molar-refractivity contribution in [1.82, 2.24) is 25.5 Å². The first-order valence-electron chi connectivity index (χ1n) is 21.6. The van der Waals surface area contributed by atoms with Crippen molar-refractivity contribution in [2.75, 3.05) is 56.4 Å². The number of nitrogens with two attached hydrogens (primary N) is 1. The van der Waals surface area contributed by atoms with Gasteiger partial charge in [-0.05, 0) is 94.3 Å². The van der Waals surface area contributed by atoms with E-state index in [9.17, 15) is 37.1 Å². The lowest BCUT2D eigenvalue weighted by Crippen LogP contribution is -2.54. The average molecular weight is 901 g/mol. The summed E-state index contributed by atoms with van der Waals surface area (Å²) < 4.78 is 59.4. The molecule has 3 fully saturated rings.